The minimum absolute atomic E-state index is 0.128. The zero-order valence-electron chi connectivity index (χ0n) is 13.8. The number of pyridine rings is 1. The van der Waals surface area contributed by atoms with Crippen molar-refractivity contribution in [1.29, 1.82) is 0 Å². The van der Waals surface area contributed by atoms with Crippen molar-refractivity contribution in [1.82, 2.24) is 4.57 Å². The molecule has 3 nitrogen and oxygen atoms in total. The summed E-state index contributed by atoms with van der Waals surface area (Å²) >= 11 is 0. The van der Waals surface area contributed by atoms with Crippen LogP contribution in [0.15, 0.2) is 77.7 Å². The Morgan fingerprint density at radius 1 is 0.885 bits per heavy atom. The van der Waals surface area contributed by atoms with Crippen LogP contribution in [0.25, 0.3) is 0 Å². The summed E-state index contributed by atoms with van der Waals surface area (Å²) in [6, 6.07) is 17.7. The number of nitrogens with one attached hydrogen (secondary N) is 1. The van der Waals surface area contributed by atoms with Crippen molar-refractivity contribution in [2.24, 2.45) is 0 Å². The molecular weight excluding hydrogens is 341 g/mol. The minimum Gasteiger partial charge on any atom is -0.381 e. The van der Waals surface area contributed by atoms with Gasteiger partial charge in [0.2, 0.25) is 0 Å². The van der Waals surface area contributed by atoms with Gasteiger partial charge in [-0.25, -0.2) is 0 Å². The molecule has 1 aromatic heterocycles. The Hall–Kier alpha value is -3.02. The van der Waals surface area contributed by atoms with E-state index in [4.69, 9.17) is 0 Å². The molecule has 0 aliphatic carbocycles. The molecule has 0 amide bonds. The minimum atomic E-state index is -4.37. The van der Waals surface area contributed by atoms with E-state index in [1.807, 2.05) is 30.3 Å². The third-order valence-corrected chi connectivity index (χ3v) is 3.93. The Kier molecular flexibility index (Phi) is 5.11. The molecule has 0 unspecified atom stereocenters. The fourth-order valence-corrected chi connectivity index (χ4v) is 2.60. The Morgan fingerprint density at radius 2 is 1.65 bits per heavy atom. The quantitative estimate of drug-likeness (QED) is 0.727. The molecule has 3 aromatic rings. The van der Waals surface area contributed by atoms with Gasteiger partial charge < -0.3 is 9.88 Å². The molecule has 6 heteroatoms. The molecule has 0 bridgehead atoms. The smallest absolute Gasteiger partial charge is 0.381 e. The molecule has 0 fully saturated rings. The highest BCUT2D eigenvalue weighted by Crippen LogP contribution is 2.30. The Balaban J connectivity index is 1.73. The number of aromatic nitrogens is 1. The van der Waals surface area contributed by atoms with Gasteiger partial charge in [0, 0.05) is 24.5 Å². The van der Waals surface area contributed by atoms with Crippen molar-refractivity contribution in [2.45, 2.75) is 19.3 Å². The second kappa shape index (κ2) is 7.47. The van der Waals surface area contributed by atoms with Gasteiger partial charge in [-0.3, -0.25) is 4.79 Å². The normalized spacial score (nSPS) is 11.3. The number of alkyl halides is 3. The maximum atomic E-state index is 12.8. The Morgan fingerprint density at radius 3 is 2.38 bits per heavy atom. The lowest BCUT2D eigenvalue weighted by Crippen LogP contribution is -2.20. The second-order valence-corrected chi connectivity index (χ2v) is 5.92. The molecule has 0 radical (unpaired) electrons. The van der Waals surface area contributed by atoms with Crippen LogP contribution in [0.2, 0.25) is 0 Å². The van der Waals surface area contributed by atoms with Crippen molar-refractivity contribution >= 4 is 5.69 Å². The van der Waals surface area contributed by atoms with Crippen molar-refractivity contribution < 1.29 is 13.2 Å². The van der Waals surface area contributed by atoms with Crippen LogP contribution in [-0.2, 0) is 19.3 Å². The molecule has 0 saturated heterocycles. The molecule has 134 valence electrons. The van der Waals surface area contributed by atoms with Crippen LogP contribution in [0.5, 0.6) is 0 Å². The van der Waals surface area contributed by atoms with Gasteiger partial charge in [0.15, 0.2) is 0 Å². The van der Waals surface area contributed by atoms with E-state index < -0.39 is 11.7 Å². The third-order valence-electron chi connectivity index (χ3n) is 3.93. The molecule has 2 aromatic carbocycles. The number of anilines is 1. The molecule has 0 aliphatic rings. The first-order valence-electron chi connectivity index (χ1n) is 8.06. The lowest BCUT2D eigenvalue weighted by Gasteiger charge is -2.12. The predicted octanol–water partition coefficient (Wildman–Crippen LogP) is 4.53. The first-order chi connectivity index (χ1) is 12.4. The molecule has 1 N–H and O–H groups in total. The van der Waals surface area contributed by atoms with Crippen molar-refractivity contribution in [3.63, 3.8) is 0 Å². The number of rotatable bonds is 5. The first-order valence-corrected chi connectivity index (χ1v) is 8.06. The number of nitrogens with zero attached hydrogens (tertiary/aromatic N) is 1. The summed E-state index contributed by atoms with van der Waals surface area (Å²) in [5.41, 5.74) is 1.35. The second-order valence-electron chi connectivity index (χ2n) is 5.92. The molecular formula is C20H17F3N2O. The Labute approximate surface area is 148 Å². The summed E-state index contributed by atoms with van der Waals surface area (Å²) in [6.07, 6.45) is -2.66. The number of hydrogen-bond donors (Lipinski definition) is 1. The molecule has 3 rings (SSSR count). The van der Waals surface area contributed by atoms with E-state index in [2.05, 4.69) is 5.32 Å². The van der Waals surface area contributed by atoms with E-state index in [1.54, 1.807) is 22.9 Å². The van der Waals surface area contributed by atoms with Gasteiger partial charge in [0.25, 0.3) is 5.56 Å². The van der Waals surface area contributed by atoms with E-state index in [0.717, 1.165) is 23.3 Å². The number of halogens is 3. The summed E-state index contributed by atoms with van der Waals surface area (Å²) in [5, 5.41) is 2.97. The highest BCUT2D eigenvalue weighted by Gasteiger charge is 2.30. The van der Waals surface area contributed by atoms with E-state index in [9.17, 15) is 18.0 Å². The standard InChI is InChI=1S/C20H17F3N2O/c21-20(22,23)17-7-4-8-18(11-17)24-12-16-9-10-19(26)25(14-16)13-15-5-2-1-3-6-15/h1-11,14,24H,12-13H2. The molecule has 0 aliphatic heterocycles. The van der Waals surface area contributed by atoms with Crippen LogP contribution in [0.1, 0.15) is 16.7 Å². The van der Waals surface area contributed by atoms with Gasteiger partial charge in [-0.2, -0.15) is 13.2 Å². The SMILES string of the molecule is O=c1ccc(CNc2cccc(C(F)(F)F)c2)cn1Cc1ccccc1. The lowest BCUT2D eigenvalue weighted by molar-refractivity contribution is -0.137. The fraction of sp³-hybridized carbons (Fsp3) is 0.150. The van der Waals surface area contributed by atoms with E-state index >= 15 is 0 Å². The highest BCUT2D eigenvalue weighted by molar-refractivity contribution is 5.46. The van der Waals surface area contributed by atoms with Gasteiger partial charge in [-0.15, -0.1) is 0 Å². The molecule has 0 spiro atoms. The van der Waals surface area contributed by atoms with Gasteiger partial charge in [-0.05, 0) is 29.3 Å². The topological polar surface area (TPSA) is 34.0 Å². The summed E-state index contributed by atoms with van der Waals surface area (Å²) in [6.45, 7) is 0.757. The van der Waals surface area contributed by atoms with E-state index in [1.165, 1.54) is 12.1 Å². The molecule has 0 atom stereocenters. The summed E-state index contributed by atoms with van der Waals surface area (Å²) in [7, 11) is 0. The van der Waals surface area contributed by atoms with Crippen molar-refractivity contribution in [3.05, 3.63) is 100.0 Å². The highest BCUT2D eigenvalue weighted by atomic mass is 19.4. The average Bonchev–Trinajstić information content (AvgIpc) is 2.63. The van der Waals surface area contributed by atoms with Gasteiger partial charge in [0.05, 0.1) is 12.1 Å². The van der Waals surface area contributed by atoms with Crippen LogP contribution in [0.3, 0.4) is 0 Å². The summed E-state index contributed by atoms with van der Waals surface area (Å²) in [4.78, 5) is 12.0. The van der Waals surface area contributed by atoms with Gasteiger partial charge in [-0.1, -0.05) is 42.5 Å². The summed E-state index contributed by atoms with van der Waals surface area (Å²) < 4.78 is 39.9. The Bertz CT molecular complexity index is 934. The monoisotopic (exact) mass is 358 g/mol. The first kappa shape index (κ1) is 17.8. The van der Waals surface area contributed by atoms with Crippen molar-refractivity contribution in [3.8, 4) is 0 Å². The van der Waals surface area contributed by atoms with Gasteiger partial charge in [0.1, 0.15) is 0 Å². The maximum absolute atomic E-state index is 12.8. The largest absolute Gasteiger partial charge is 0.416 e. The van der Waals surface area contributed by atoms with Crippen LogP contribution in [-0.4, -0.2) is 4.57 Å². The zero-order valence-corrected chi connectivity index (χ0v) is 13.8. The average molecular weight is 358 g/mol. The van der Waals surface area contributed by atoms with Crippen LogP contribution < -0.4 is 10.9 Å². The number of hydrogen-bond acceptors (Lipinski definition) is 2. The van der Waals surface area contributed by atoms with Crippen LogP contribution >= 0.6 is 0 Å². The summed E-state index contributed by atoms with van der Waals surface area (Å²) in [5.74, 6) is 0. The van der Waals surface area contributed by atoms with E-state index in [0.29, 0.717) is 18.8 Å². The predicted molar refractivity (Wildman–Crippen MR) is 95.0 cm³/mol. The van der Waals surface area contributed by atoms with E-state index in [-0.39, 0.29) is 5.56 Å². The molecule has 26 heavy (non-hydrogen) atoms. The molecule has 0 saturated carbocycles. The maximum Gasteiger partial charge on any atom is 0.416 e. The number of benzene rings is 2. The molecule has 1 heterocycles. The third kappa shape index (κ3) is 4.53. The zero-order chi connectivity index (χ0) is 18.6. The fourth-order valence-electron chi connectivity index (χ4n) is 2.60. The van der Waals surface area contributed by atoms with Crippen LogP contribution in [0, 0.1) is 0 Å². The van der Waals surface area contributed by atoms with Gasteiger partial charge >= 0.3 is 6.18 Å². The van der Waals surface area contributed by atoms with Crippen molar-refractivity contribution in [2.75, 3.05) is 5.32 Å². The lowest BCUT2D eigenvalue weighted by atomic mass is 10.2. The van der Waals surface area contributed by atoms with Crippen LogP contribution in [0.4, 0.5) is 18.9 Å².